The van der Waals surface area contributed by atoms with Crippen LogP contribution in [0, 0.1) is 5.92 Å². The number of ketones is 1. The van der Waals surface area contributed by atoms with Gasteiger partial charge in [0.15, 0.2) is 0 Å². The van der Waals surface area contributed by atoms with E-state index in [1.807, 2.05) is 0 Å². The monoisotopic (exact) mass is 202 g/mol. The maximum atomic E-state index is 11.9. The van der Waals surface area contributed by atoms with Crippen molar-refractivity contribution < 1.29 is 4.79 Å². The zero-order chi connectivity index (χ0) is 10.8. The molecule has 0 bridgehead atoms. The van der Waals surface area contributed by atoms with Crippen LogP contribution in [0.15, 0.2) is 24.3 Å². The molecule has 0 spiro atoms. The zero-order valence-corrected chi connectivity index (χ0v) is 9.49. The molecule has 0 fully saturated rings. The largest absolute Gasteiger partial charge is 0.299 e. The van der Waals surface area contributed by atoms with E-state index in [2.05, 4.69) is 38.1 Å². The van der Waals surface area contributed by atoms with Crippen LogP contribution in [0.4, 0.5) is 0 Å². The van der Waals surface area contributed by atoms with Crippen molar-refractivity contribution in [2.75, 3.05) is 0 Å². The normalized spacial score (nSPS) is 23.9. The number of carbonyl (C=O) groups is 1. The summed E-state index contributed by atoms with van der Waals surface area (Å²) in [4.78, 5) is 11.9. The average molecular weight is 202 g/mol. The number of benzene rings is 1. The summed E-state index contributed by atoms with van der Waals surface area (Å²) < 4.78 is 0. The lowest BCUT2D eigenvalue weighted by Crippen LogP contribution is -2.17. The van der Waals surface area contributed by atoms with Crippen molar-refractivity contribution in [3.05, 3.63) is 35.4 Å². The number of carbonyl (C=O) groups excluding carboxylic acids is 1. The minimum absolute atomic E-state index is 0.238. The van der Waals surface area contributed by atoms with Crippen molar-refractivity contribution in [3.8, 4) is 0 Å². The van der Waals surface area contributed by atoms with Gasteiger partial charge in [-0.05, 0) is 29.9 Å². The third-order valence-electron chi connectivity index (χ3n) is 3.50. The van der Waals surface area contributed by atoms with Crippen molar-refractivity contribution in [3.63, 3.8) is 0 Å². The van der Waals surface area contributed by atoms with Gasteiger partial charge in [0.25, 0.3) is 0 Å². The molecule has 0 aromatic heterocycles. The highest BCUT2D eigenvalue weighted by molar-refractivity contribution is 5.83. The summed E-state index contributed by atoms with van der Waals surface area (Å²) >= 11 is 0. The number of Topliss-reactive ketones (excluding diaryl/α,β-unsaturated/α-hetero) is 1. The summed E-state index contributed by atoms with van der Waals surface area (Å²) in [7, 11) is 0. The quantitative estimate of drug-likeness (QED) is 0.734. The second-order valence-electron chi connectivity index (χ2n) is 4.51. The molecule has 1 nitrogen and oxygen atoms in total. The first-order valence-corrected chi connectivity index (χ1v) is 5.84. The van der Waals surface area contributed by atoms with Gasteiger partial charge in [0.1, 0.15) is 5.78 Å². The van der Waals surface area contributed by atoms with E-state index in [1.54, 1.807) is 0 Å². The fourth-order valence-electron chi connectivity index (χ4n) is 2.62. The third-order valence-corrected chi connectivity index (χ3v) is 3.50. The van der Waals surface area contributed by atoms with Gasteiger partial charge in [-0.3, -0.25) is 4.79 Å². The Labute approximate surface area is 91.5 Å². The molecular weight excluding hydrogens is 184 g/mol. The van der Waals surface area contributed by atoms with Crippen molar-refractivity contribution in [1.82, 2.24) is 0 Å². The molecule has 2 atom stereocenters. The Kier molecular flexibility index (Phi) is 2.90. The summed E-state index contributed by atoms with van der Waals surface area (Å²) in [6, 6.07) is 8.46. The number of rotatable bonds is 3. The molecule has 0 amide bonds. The number of fused-ring (bicyclic) bond motifs is 1. The standard InChI is InChI=1S/C14H18O/c1-3-6-14(15)13-9-11-7-4-5-8-12(11)10(13)2/h4-5,7-8,10,13H,3,6,9H2,1-2H3. The molecule has 1 aliphatic carbocycles. The smallest absolute Gasteiger partial charge is 0.136 e. The minimum Gasteiger partial charge on any atom is -0.299 e. The average Bonchev–Trinajstić information content (AvgIpc) is 2.57. The highest BCUT2D eigenvalue weighted by Gasteiger charge is 2.32. The fourth-order valence-corrected chi connectivity index (χ4v) is 2.62. The molecule has 2 unspecified atom stereocenters. The van der Waals surface area contributed by atoms with Crippen LogP contribution in [-0.2, 0) is 11.2 Å². The predicted molar refractivity (Wildman–Crippen MR) is 62.0 cm³/mol. The molecule has 15 heavy (non-hydrogen) atoms. The number of hydrogen-bond donors (Lipinski definition) is 0. The van der Waals surface area contributed by atoms with Gasteiger partial charge in [0, 0.05) is 12.3 Å². The third kappa shape index (κ3) is 1.83. The van der Waals surface area contributed by atoms with Gasteiger partial charge in [0.2, 0.25) is 0 Å². The molecule has 1 aromatic rings. The summed E-state index contributed by atoms with van der Waals surface area (Å²) in [5.41, 5.74) is 2.76. The van der Waals surface area contributed by atoms with Crippen LogP contribution in [0.1, 0.15) is 43.7 Å². The summed E-state index contributed by atoms with van der Waals surface area (Å²) in [6.07, 6.45) is 2.66. The first-order chi connectivity index (χ1) is 7.24. The highest BCUT2D eigenvalue weighted by atomic mass is 16.1. The Balaban J connectivity index is 2.19. The lowest BCUT2D eigenvalue weighted by Gasteiger charge is -2.13. The van der Waals surface area contributed by atoms with Gasteiger partial charge in [-0.1, -0.05) is 38.1 Å². The van der Waals surface area contributed by atoms with Gasteiger partial charge in [0.05, 0.1) is 0 Å². The van der Waals surface area contributed by atoms with E-state index < -0.39 is 0 Å². The SMILES string of the molecule is CCCC(=O)C1Cc2ccccc2C1C. The van der Waals surface area contributed by atoms with E-state index >= 15 is 0 Å². The maximum absolute atomic E-state index is 11.9. The second kappa shape index (κ2) is 4.18. The van der Waals surface area contributed by atoms with E-state index in [-0.39, 0.29) is 5.92 Å². The molecule has 2 rings (SSSR count). The van der Waals surface area contributed by atoms with Crippen molar-refractivity contribution in [1.29, 1.82) is 0 Å². The topological polar surface area (TPSA) is 17.1 Å². The van der Waals surface area contributed by atoms with Crippen LogP contribution in [0.25, 0.3) is 0 Å². The molecule has 1 heteroatoms. The zero-order valence-electron chi connectivity index (χ0n) is 9.49. The number of hydrogen-bond acceptors (Lipinski definition) is 1. The van der Waals surface area contributed by atoms with E-state index in [4.69, 9.17) is 0 Å². The van der Waals surface area contributed by atoms with Crippen LogP contribution in [0.5, 0.6) is 0 Å². The highest BCUT2D eigenvalue weighted by Crippen LogP contribution is 2.38. The minimum atomic E-state index is 0.238. The molecule has 0 saturated carbocycles. The molecule has 1 aromatic carbocycles. The van der Waals surface area contributed by atoms with E-state index in [0.717, 1.165) is 19.3 Å². The lowest BCUT2D eigenvalue weighted by molar-refractivity contribution is -0.123. The van der Waals surface area contributed by atoms with Crippen LogP contribution in [0.2, 0.25) is 0 Å². The second-order valence-corrected chi connectivity index (χ2v) is 4.51. The van der Waals surface area contributed by atoms with Gasteiger partial charge in [-0.15, -0.1) is 0 Å². The van der Waals surface area contributed by atoms with E-state index in [1.165, 1.54) is 11.1 Å². The summed E-state index contributed by atoms with van der Waals surface area (Å²) in [5, 5.41) is 0. The predicted octanol–water partition coefficient (Wildman–Crippen LogP) is 3.33. The van der Waals surface area contributed by atoms with Crippen molar-refractivity contribution in [2.45, 2.75) is 39.0 Å². The van der Waals surface area contributed by atoms with E-state index in [0.29, 0.717) is 11.7 Å². The molecule has 0 aliphatic heterocycles. The lowest BCUT2D eigenvalue weighted by atomic mass is 9.89. The summed E-state index contributed by atoms with van der Waals surface area (Å²) in [5.74, 6) is 1.10. The van der Waals surface area contributed by atoms with Gasteiger partial charge < -0.3 is 0 Å². The van der Waals surface area contributed by atoms with Crippen LogP contribution >= 0.6 is 0 Å². The Bertz CT molecular complexity index is 367. The Morgan fingerprint density at radius 2 is 2.13 bits per heavy atom. The van der Waals surface area contributed by atoms with Crippen LogP contribution < -0.4 is 0 Å². The van der Waals surface area contributed by atoms with Crippen molar-refractivity contribution >= 4 is 5.78 Å². The Morgan fingerprint density at radius 1 is 1.40 bits per heavy atom. The van der Waals surface area contributed by atoms with Gasteiger partial charge in [-0.25, -0.2) is 0 Å². The fraction of sp³-hybridized carbons (Fsp3) is 0.500. The van der Waals surface area contributed by atoms with Gasteiger partial charge in [-0.2, -0.15) is 0 Å². The first kappa shape index (κ1) is 10.4. The summed E-state index contributed by atoms with van der Waals surface area (Å²) in [6.45, 7) is 4.26. The molecule has 1 aliphatic rings. The maximum Gasteiger partial charge on any atom is 0.136 e. The van der Waals surface area contributed by atoms with Crippen molar-refractivity contribution in [2.24, 2.45) is 5.92 Å². The molecule has 0 radical (unpaired) electrons. The molecule has 0 heterocycles. The molecule has 0 N–H and O–H groups in total. The molecule has 0 saturated heterocycles. The van der Waals surface area contributed by atoms with Crippen LogP contribution in [-0.4, -0.2) is 5.78 Å². The first-order valence-electron chi connectivity index (χ1n) is 5.84. The van der Waals surface area contributed by atoms with Gasteiger partial charge >= 0.3 is 0 Å². The Hall–Kier alpha value is -1.11. The van der Waals surface area contributed by atoms with Crippen LogP contribution in [0.3, 0.4) is 0 Å². The molecular formula is C14H18O. The van der Waals surface area contributed by atoms with E-state index in [9.17, 15) is 4.79 Å². The Morgan fingerprint density at radius 3 is 2.80 bits per heavy atom. The molecule has 80 valence electrons.